The molecule has 1 aromatic carbocycles. The van der Waals surface area contributed by atoms with Crippen LogP contribution in [0.4, 0.5) is 5.82 Å². The average Bonchev–Trinajstić information content (AvgIpc) is 2.46. The van der Waals surface area contributed by atoms with Gasteiger partial charge in [-0.25, -0.2) is 0 Å². The first-order valence-electron chi connectivity index (χ1n) is 4.14. The second kappa shape index (κ2) is 3.71. The lowest BCUT2D eigenvalue weighted by Crippen LogP contribution is -1.90. The lowest BCUT2D eigenvalue weighted by atomic mass is 10.2. The van der Waals surface area contributed by atoms with Gasteiger partial charge in [0.1, 0.15) is 0 Å². The van der Waals surface area contributed by atoms with E-state index < -0.39 is 0 Å². The number of aryl methyl sites for hydroxylation is 1. The van der Waals surface area contributed by atoms with Gasteiger partial charge in [-0.1, -0.05) is 29.6 Å². The fraction of sp³-hybridized carbons (Fsp3) is 0.222. The van der Waals surface area contributed by atoms with Crippen molar-refractivity contribution in [2.45, 2.75) is 0 Å². The average molecular weight is 228 g/mol. The minimum absolute atomic E-state index is 0.729. The summed E-state index contributed by atoms with van der Waals surface area (Å²) in [5.74, 6) is 0.820. The SMILES string of the molecule is CSNc1nn(C)c2cccc(Cl)c12. The van der Waals surface area contributed by atoms with Crippen LogP contribution in [0.1, 0.15) is 0 Å². The molecule has 2 aromatic rings. The van der Waals surface area contributed by atoms with Gasteiger partial charge in [-0.2, -0.15) is 5.10 Å². The Morgan fingerprint density at radius 3 is 3.00 bits per heavy atom. The van der Waals surface area contributed by atoms with Gasteiger partial charge in [-0.05, 0) is 12.1 Å². The van der Waals surface area contributed by atoms with Crippen molar-refractivity contribution in [2.24, 2.45) is 7.05 Å². The van der Waals surface area contributed by atoms with Gasteiger partial charge in [0, 0.05) is 13.3 Å². The second-order valence-corrected chi connectivity index (χ2v) is 3.93. The minimum atomic E-state index is 0.729. The van der Waals surface area contributed by atoms with E-state index in [1.165, 1.54) is 11.9 Å². The Labute approximate surface area is 91.6 Å². The van der Waals surface area contributed by atoms with E-state index in [2.05, 4.69) is 9.82 Å². The topological polar surface area (TPSA) is 29.9 Å². The molecule has 74 valence electrons. The third-order valence-corrected chi connectivity index (χ3v) is 2.74. The zero-order chi connectivity index (χ0) is 10.1. The van der Waals surface area contributed by atoms with Crippen LogP contribution in [0.3, 0.4) is 0 Å². The molecule has 0 unspecified atom stereocenters. The van der Waals surface area contributed by atoms with Gasteiger partial charge in [0.15, 0.2) is 5.82 Å². The molecule has 1 heterocycles. The standard InChI is InChI=1S/C9H10ClN3S/c1-13-7-5-3-4-6(10)8(7)9(11-13)12-14-2/h3-5H,1-2H3,(H,11,12). The monoisotopic (exact) mass is 227 g/mol. The number of hydrogen-bond acceptors (Lipinski definition) is 3. The van der Waals surface area contributed by atoms with Gasteiger partial charge >= 0.3 is 0 Å². The van der Waals surface area contributed by atoms with Crippen molar-refractivity contribution in [2.75, 3.05) is 11.0 Å². The predicted octanol–water partition coefficient (Wildman–Crippen LogP) is 2.92. The Morgan fingerprint density at radius 2 is 2.29 bits per heavy atom. The molecule has 0 saturated heterocycles. The summed E-state index contributed by atoms with van der Waals surface area (Å²) in [4.78, 5) is 0. The van der Waals surface area contributed by atoms with Crippen molar-refractivity contribution in [3.63, 3.8) is 0 Å². The molecule has 0 saturated carbocycles. The summed E-state index contributed by atoms with van der Waals surface area (Å²) >= 11 is 7.62. The van der Waals surface area contributed by atoms with Crippen molar-refractivity contribution < 1.29 is 0 Å². The normalized spacial score (nSPS) is 10.8. The highest BCUT2D eigenvalue weighted by atomic mass is 35.5. The fourth-order valence-electron chi connectivity index (χ4n) is 1.44. The number of nitrogens with zero attached hydrogens (tertiary/aromatic N) is 2. The summed E-state index contributed by atoms with van der Waals surface area (Å²) in [6.07, 6.45) is 1.96. The van der Waals surface area contributed by atoms with E-state index in [1.807, 2.05) is 36.2 Å². The molecule has 1 aromatic heterocycles. The van der Waals surface area contributed by atoms with Crippen LogP contribution in [0.2, 0.25) is 5.02 Å². The number of hydrogen-bond donors (Lipinski definition) is 1. The molecule has 0 aliphatic carbocycles. The summed E-state index contributed by atoms with van der Waals surface area (Å²) in [5.41, 5.74) is 1.04. The summed E-state index contributed by atoms with van der Waals surface area (Å²) in [5, 5.41) is 6.05. The van der Waals surface area contributed by atoms with E-state index in [-0.39, 0.29) is 0 Å². The van der Waals surface area contributed by atoms with Crippen molar-refractivity contribution in [3.05, 3.63) is 23.2 Å². The third kappa shape index (κ3) is 1.44. The van der Waals surface area contributed by atoms with Crippen LogP contribution < -0.4 is 4.72 Å². The van der Waals surface area contributed by atoms with Crippen molar-refractivity contribution in [3.8, 4) is 0 Å². The van der Waals surface area contributed by atoms with Gasteiger partial charge in [-0.3, -0.25) is 4.68 Å². The number of nitrogens with one attached hydrogen (secondary N) is 1. The maximum absolute atomic E-state index is 6.11. The molecule has 0 aliphatic rings. The first kappa shape index (κ1) is 9.68. The van der Waals surface area contributed by atoms with E-state index in [1.54, 1.807) is 0 Å². The number of rotatable bonds is 2. The summed E-state index contributed by atoms with van der Waals surface area (Å²) in [6, 6.07) is 5.80. The first-order chi connectivity index (χ1) is 6.74. The van der Waals surface area contributed by atoms with E-state index in [0.717, 1.165) is 21.7 Å². The lowest BCUT2D eigenvalue weighted by molar-refractivity contribution is 0.802. The summed E-state index contributed by atoms with van der Waals surface area (Å²) in [7, 11) is 1.91. The van der Waals surface area contributed by atoms with Crippen molar-refractivity contribution in [1.82, 2.24) is 9.78 Å². The highest BCUT2D eigenvalue weighted by Crippen LogP contribution is 2.30. The number of anilines is 1. The molecular formula is C9H10ClN3S. The lowest BCUT2D eigenvalue weighted by Gasteiger charge is -1.98. The van der Waals surface area contributed by atoms with Gasteiger partial charge < -0.3 is 4.72 Å². The van der Waals surface area contributed by atoms with Crippen LogP contribution in [0, 0.1) is 0 Å². The number of benzene rings is 1. The molecular weight excluding hydrogens is 218 g/mol. The molecule has 0 amide bonds. The Morgan fingerprint density at radius 1 is 1.50 bits per heavy atom. The molecule has 0 bridgehead atoms. The molecule has 2 rings (SSSR count). The van der Waals surface area contributed by atoms with Crippen molar-refractivity contribution in [1.29, 1.82) is 0 Å². The van der Waals surface area contributed by atoms with Crippen LogP contribution >= 0.6 is 23.5 Å². The maximum atomic E-state index is 6.11. The zero-order valence-electron chi connectivity index (χ0n) is 7.91. The largest absolute Gasteiger partial charge is 0.313 e. The minimum Gasteiger partial charge on any atom is -0.313 e. The molecule has 0 aliphatic heterocycles. The molecule has 1 N–H and O–H groups in total. The Hall–Kier alpha value is -0.870. The van der Waals surface area contributed by atoms with Gasteiger partial charge in [0.25, 0.3) is 0 Å². The quantitative estimate of drug-likeness (QED) is 0.801. The number of aromatic nitrogens is 2. The molecule has 0 spiro atoms. The van der Waals surface area contributed by atoms with Crippen LogP contribution in [0.5, 0.6) is 0 Å². The summed E-state index contributed by atoms with van der Waals surface area (Å²) in [6.45, 7) is 0. The van der Waals surface area contributed by atoms with E-state index in [4.69, 9.17) is 11.6 Å². The molecule has 3 nitrogen and oxygen atoms in total. The van der Waals surface area contributed by atoms with Crippen LogP contribution in [0.25, 0.3) is 10.9 Å². The van der Waals surface area contributed by atoms with E-state index >= 15 is 0 Å². The predicted molar refractivity (Wildman–Crippen MR) is 62.9 cm³/mol. The van der Waals surface area contributed by atoms with Crippen LogP contribution in [0.15, 0.2) is 18.2 Å². The number of halogens is 1. The Kier molecular flexibility index (Phi) is 2.56. The molecule has 14 heavy (non-hydrogen) atoms. The van der Waals surface area contributed by atoms with Gasteiger partial charge in [0.05, 0.1) is 15.9 Å². The molecule has 0 radical (unpaired) electrons. The third-order valence-electron chi connectivity index (χ3n) is 2.03. The highest BCUT2D eigenvalue weighted by Gasteiger charge is 2.10. The second-order valence-electron chi connectivity index (χ2n) is 2.91. The van der Waals surface area contributed by atoms with Crippen LogP contribution in [-0.4, -0.2) is 16.0 Å². The first-order valence-corrected chi connectivity index (χ1v) is 5.74. The fourth-order valence-corrected chi connectivity index (χ4v) is 2.03. The van der Waals surface area contributed by atoms with Gasteiger partial charge in [-0.15, -0.1) is 0 Å². The van der Waals surface area contributed by atoms with E-state index in [0.29, 0.717) is 0 Å². The molecule has 5 heteroatoms. The zero-order valence-corrected chi connectivity index (χ0v) is 9.49. The molecule has 0 atom stereocenters. The molecule has 0 fully saturated rings. The van der Waals surface area contributed by atoms with Crippen molar-refractivity contribution >= 4 is 40.3 Å². The number of fused-ring (bicyclic) bond motifs is 1. The maximum Gasteiger partial charge on any atom is 0.167 e. The Balaban J connectivity index is 2.72. The van der Waals surface area contributed by atoms with E-state index in [9.17, 15) is 0 Å². The van der Waals surface area contributed by atoms with Crippen LogP contribution in [-0.2, 0) is 7.05 Å². The smallest absolute Gasteiger partial charge is 0.167 e. The van der Waals surface area contributed by atoms with Gasteiger partial charge in [0.2, 0.25) is 0 Å². The Bertz CT molecular complexity index is 466. The highest BCUT2D eigenvalue weighted by molar-refractivity contribution is 7.99. The summed E-state index contributed by atoms with van der Waals surface area (Å²) < 4.78 is 4.93.